The van der Waals surface area contributed by atoms with Gasteiger partial charge in [-0.1, -0.05) is 35.5 Å². The van der Waals surface area contributed by atoms with E-state index in [9.17, 15) is 4.79 Å². The molecule has 0 saturated carbocycles. The minimum absolute atomic E-state index is 0.00105. The van der Waals surface area contributed by atoms with Crippen molar-refractivity contribution in [3.05, 3.63) is 47.3 Å². The Morgan fingerprint density at radius 2 is 1.95 bits per heavy atom. The summed E-state index contributed by atoms with van der Waals surface area (Å²) >= 11 is 0. The minimum atomic E-state index is -1.07. The standard InChI is InChI=1S/C14H17N3O3/c18-10-4-9-17-12(13(14(19)20)15-16-17)8-7-11-5-2-1-3-6-11/h1-3,5-6,18H,4,7-10H2,(H,19,20). The Labute approximate surface area is 116 Å². The van der Waals surface area contributed by atoms with E-state index in [1.54, 1.807) is 4.68 Å². The van der Waals surface area contributed by atoms with Gasteiger partial charge in [0.05, 0.1) is 5.69 Å². The summed E-state index contributed by atoms with van der Waals surface area (Å²) in [5, 5.41) is 25.6. The van der Waals surface area contributed by atoms with Gasteiger partial charge in [0.25, 0.3) is 0 Å². The van der Waals surface area contributed by atoms with Crippen molar-refractivity contribution in [1.82, 2.24) is 15.0 Å². The summed E-state index contributed by atoms with van der Waals surface area (Å²) in [7, 11) is 0. The zero-order valence-electron chi connectivity index (χ0n) is 11.1. The molecule has 1 heterocycles. The van der Waals surface area contributed by atoms with Crippen molar-refractivity contribution in [3.8, 4) is 0 Å². The number of aryl methyl sites for hydroxylation is 2. The van der Waals surface area contributed by atoms with Crippen LogP contribution in [0.3, 0.4) is 0 Å². The first-order valence-electron chi connectivity index (χ1n) is 6.53. The lowest BCUT2D eigenvalue weighted by atomic mass is 10.1. The summed E-state index contributed by atoms with van der Waals surface area (Å²) in [5.41, 5.74) is 1.74. The maximum Gasteiger partial charge on any atom is 0.358 e. The van der Waals surface area contributed by atoms with Crippen molar-refractivity contribution < 1.29 is 15.0 Å². The van der Waals surface area contributed by atoms with Crippen molar-refractivity contribution in [2.45, 2.75) is 25.8 Å². The van der Waals surface area contributed by atoms with Crippen molar-refractivity contribution in [2.24, 2.45) is 0 Å². The molecule has 6 heteroatoms. The molecule has 0 amide bonds. The first-order valence-corrected chi connectivity index (χ1v) is 6.53. The Balaban J connectivity index is 2.15. The topological polar surface area (TPSA) is 88.2 Å². The monoisotopic (exact) mass is 275 g/mol. The van der Waals surface area contributed by atoms with Crippen LogP contribution < -0.4 is 0 Å². The van der Waals surface area contributed by atoms with E-state index in [1.807, 2.05) is 30.3 Å². The fourth-order valence-corrected chi connectivity index (χ4v) is 2.05. The number of carbonyl (C=O) groups is 1. The van der Waals surface area contributed by atoms with Gasteiger partial charge in [-0.3, -0.25) is 0 Å². The molecule has 0 saturated heterocycles. The van der Waals surface area contributed by atoms with Crippen LogP contribution in [0.2, 0.25) is 0 Å². The van der Waals surface area contributed by atoms with Crippen molar-refractivity contribution >= 4 is 5.97 Å². The van der Waals surface area contributed by atoms with Crippen LogP contribution in [0, 0.1) is 0 Å². The van der Waals surface area contributed by atoms with Crippen LogP contribution in [-0.4, -0.2) is 37.8 Å². The molecule has 2 rings (SSSR count). The van der Waals surface area contributed by atoms with Gasteiger partial charge in [0.2, 0.25) is 0 Å². The van der Waals surface area contributed by atoms with Gasteiger partial charge in [0.1, 0.15) is 0 Å². The van der Waals surface area contributed by atoms with Gasteiger partial charge in [-0.15, -0.1) is 5.10 Å². The summed E-state index contributed by atoms with van der Waals surface area (Å²) in [6.45, 7) is 0.515. The Kier molecular flexibility index (Phi) is 4.84. The fraction of sp³-hybridized carbons (Fsp3) is 0.357. The maximum atomic E-state index is 11.2. The van der Waals surface area contributed by atoms with Gasteiger partial charge in [-0.2, -0.15) is 0 Å². The Morgan fingerprint density at radius 3 is 2.60 bits per heavy atom. The molecule has 0 fully saturated rings. The highest BCUT2D eigenvalue weighted by Crippen LogP contribution is 2.11. The number of hydrogen-bond donors (Lipinski definition) is 2. The summed E-state index contributed by atoms with van der Waals surface area (Å²) in [6.07, 6.45) is 1.82. The number of hydrogen-bond acceptors (Lipinski definition) is 4. The molecule has 2 aromatic rings. The molecule has 0 atom stereocenters. The van der Waals surface area contributed by atoms with Crippen LogP contribution in [0.1, 0.15) is 28.2 Å². The highest BCUT2D eigenvalue weighted by molar-refractivity contribution is 5.86. The lowest BCUT2D eigenvalue weighted by molar-refractivity contribution is 0.0689. The second kappa shape index (κ2) is 6.81. The molecular formula is C14H17N3O3. The van der Waals surface area contributed by atoms with Crippen LogP contribution in [0.25, 0.3) is 0 Å². The average Bonchev–Trinajstić information content (AvgIpc) is 2.87. The molecule has 0 radical (unpaired) electrons. The largest absolute Gasteiger partial charge is 0.476 e. The molecule has 6 nitrogen and oxygen atoms in total. The number of aromatic nitrogens is 3. The van der Waals surface area contributed by atoms with E-state index in [4.69, 9.17) is 10.2 Å². The predicted octanol–water partition coefficient (Wildman–Crippen LogP) is 1.14. The predicted molar refractivity (Wildman–Crippen MR) is 72.5 cm³/mol. The number of benzene rings is 1. The summed E-state index contributed by atoms with van der Waals surface area (Å²) in [4.78, 5) is 11.2. The van der Waals surface area contributed by atoms with Crippen molar-refractivity contribution in [1.29, 1.82) is 0 Å². The van der Waals surface area contributed by atoms with Crippen LogP contribution in [0.5, 0.6) is 0 Å². The van der Waals surface area contributed by atoms with Crippen molar-refractivity contribution in [2.75, 3.05) is 6.61 Å². The van der Waals surface area contributed by atoms with Gasteiger partial charge < -0.3 is 10.2 Å². The zero-order chi connectivity index (χ0) is 14.4. The van der Waals surface area contributed by atoms with E-state index in [1.165, 1.54) is 0 Å². The van der Waals surface area contributed by atoms with Crippen LogP contribution in [0.15, 0.2) is 30.3 Å². The molecule has 0 aliphatic carbocycles. The van der Waals surface area contributed by atoms with E-state index in [0.29, 0.717) is 25.1 Å². The third kappa shape index (κ3) is 3.42. The van der Waals surface area contributed by atoms with E-state index < -0.39 is 5.97 Å². The Hall–Kier alpha value is -2.21. The molecule has 1 aromatic carbocycles. The highest BCUT2D eigenvalue weighted by Gasteiger charge is 2.18. The first-order chi connectivity index (χ1) is 9.72. The number of aliphatic hydroxyl groups is 1. The molecule has 0 bridgehead atoms. The van der Waals surface area contributed by atoms with Crippen LogP contribution in [-0.2, 0) is 19.4 Å². The van der Waals surface area contributed by atoms with E-state index >= 15 is 0 Å². The fourth-order valence-electron chi connectivity index (χ4n) is 2.05. The van der Waals surface area contributed by atoms with Crippen LogP contribution in [0.4, 0.5) is 0 Å². The number of carboxylic acid groups (broad SMARTS) is 1. The summed E-state index contributed by atoms with van der Waals surface area (Å²) in [5.74, 6) is -1.07. The number of aromatic carboxylic acids is 1. The number of rotatable bonds is 7. The molecule has 0 unspecified atom stereocenters. The molecule has 0 aliphatic rings. The van der Waals surface area contributed by atoms with Gasteiger partial charge in [-0.05, 0) is 24.8 Å². The lowest BCUT2D eigenvalue weighted by Crippen LogP contribution is -2.10. The van der Waals surface area contributed by atoms with E-state index in [0.717, 1.165) is 12.0 Å². The Bertz CT molecular complexity index is 566. The molecule has 0 aliphatic heterocycles. The van der Waals surface area contributed by atoms with E-state index in [2.05, 4.69) is 10.3 Å². The summed E-state index contributed by atoms with van der Waals surface area (Å²) in [6, 6.07) is 9.85. The minimum Gasteiger partial charge on any atom is -0.476 e. The average molecular weight is 275 g/mol. The van der Waals surface area contributed by atoms with Gasteiger partial charge in [0, 0.05) is 13.2 Å². The number of carboxylic acids is 1. The highest BCUT2D eigenvalue weighted by atomic mass is 16.4. The first kappa shape index (κ1) is 14.2. The Morgan fingerprint density at radius 1 is 1.20 bits per heavy atom. The van der Waals surface area contributed by atoms with Gasteiger partial charge in [0.15, 0.2) is 5.69 Å². The SMILES string of the molecule is O=C(O)c1nnn(CCCO)c1CCc1ccccc1. The smallest absolute Gasteiger partial charge is 0.358 e. The third-order valence-electron chi connectivity index (χ3n) is 3.06. The second-order valence-electron chi connectivity index (χ2n) is 4.48. The zero-order valence-corrected chi connectivity index (χ0v) is 11.1. The van der Waals surface area contributed by atoms with Crippen molar-refractivity contribution in [3.63, 3.8) is 0 Å². The van der Waals surface area contributed by atoms with Gasteiger partial charge in [-0.25, -0.2) is 9.48 Å². The molecule has 1 aromatic heterocycles. The number of nitrogens with zero attached hydrogens (tertiary/aromatic N) is 3. The van der Waals surface area contributed by atoms with E-state index in [-0.39, 0.29) is 12.3 Å². The molecule has 2 N–H and O–H groups in total. The molecule has 106 valence electrons. The quantitative estimate of drug-likeness (QED) is 0.791. The third-order valence-corrected chi connectivity index (χ3v) is 3.06. The van der Waals surface area contributed by atoms with Gasteiger partial charge >= 0.3 is 5.97 Å². The summed E-state index contributed by atoms with van der Waals surface area (Å²) < 4.78 is 1.57. The number of aliphatic hydroxyl groups excluding tert-OH is 1. The molecule has 0 spiro atoms. The molecule has 20 heavy (non-hydrogen) atoms. The second-order valence-corrected chi connectivity index (χ2v) is 4.48. The lowest BCUT2D eigenvalue weighted by Gasteiger charge is -2.06. The normalized spacial score (nSPS) is 10.7. The molecular weight excluding hydrogens is 258 g/mol. The van der Waals surface area contributed by atoms with Crippen LogP contribution >= 0.6 is 0 Å². The maximum absolute atomic E-state index is 11.2.